The van der Waals surface area contributed by atoms with Gasteiger partial charge in [0.15, 0.2) is 0 Å². The van der Waals surface area contributed by atoms with Crippen LogP contribution < -0.4 is 4.74 Å². The number of hydrogen-bond donors (Lipinski definition) is 1. The van der Waals surface area contributed by atoms with Gasteiger partial charge in [0.25, 0.3) is 0 Å². The molecule has 0 atom stereocenters. The predicted octanol–water partition coefficient (Wildman–Crippen LogP) is 1.68. The Morgan fingerprint density at radius 3 is 3.06 bits per heavy atom. The van der Waals surface area contributed by atoms with Crippen molar-refractivity contribution in [1.29, 1.82) is 0 Å². The monoisotopic (exact) mass is 236 g/mol. The van der Waals surface area contributed by atoms with Crippen LogP contribution in [-0.4, -0.2) is 24.3 Å². The number of hydrogen-bond acceptors (Lipinski definition) is 4. The Morgan fingerprint density at radius 2 is 2.35 bits per heavy atom. The minimum absolute atomic E-state index is 0.129. The fraction of sp³-hybridized carbons (Fsp3) is 0.462. The molecule has 2 rings (SSSR count). The summed E-state index contributed by atoms with van der Waals surface area (Å²) in [5.74, 6) is 0.377. The third-order valence-corrected chi connectivity index (χ3v) is 2.76. The molecule has 1 aromatic carbocycles. The van der Waals surface area contributed by atoms with Gasteiger partial charge < -0.3 is 14.6 Å². The third kappa shape index (κ3) is 2.42. The molecule has 1 aliphatic rings. The number of aryl methyl sites for hydroxylation is 1. The number of rotatable bonds is 3. The number of aliphatic hydroxyl groups excluding tert-OH is 1. The van der Waals surface area contributed by atoms with Crippen molar-refractivity contribution in [3.8, 4) is 5.75 Å². The van der Waals surface area contributed by atoms with Gasteiger partial charge in [-0.25, -0.2) is 4.79 Å². The van der Waals surface area contributed by atoms with Crippen molar-refractivity contribution >= 4 is 5.97 Å². The van der Waals surface area contributed by atoms with E-state index in [0.717, 1.165) is 24.2 Å². The van der Waals surface area contributed by atoms with Gasteiger partial charge in [-0.15, -0.1) is 0 Å². The first kappa shape index (κ1) is 11.9. The molecule has 4 heteroatoms. The molecule has 0 amide bonds. The molecule has 92 valence electrons. The van der Waals surface area contributed by atoms with E-state index in [1.54, 1.807) is 19.1 Å². The van der Waals surface area contributed by atoms with E-state index in [1.165, 1.54) is 0 Å². The van der Waals surface area contributed by atoms with E-state index in [4.69, 9.17) is 9.47 Å². The average molecular weight is 236 g/mol. The van der Waals surface area contributed by atoms with Crippen LogP contribution in [0.4, 0.5) is 0 Å². The summed E-state index contributed by atoms with van der Waals surface area (Å²) < 4.78 is 10.5. The smallest absolute Gasteiger partial charge is 0.338 e. The van der Waals surface area contributed by atoms with Crippen molar-refractivity contribution < 1.29 is 19.4 Å². The van der Waals surface area contributed by atoms with Crippen LogP contribution in [0, 0.1) is 0 Å². The molecule has 1 heterocycles. The number of aliphatic hydroxyl groups is 1. The van der Waals surface area contributed by atoms with Crippen LogP contribution in [0.2, 0.25) is 0 Å². The van der Waals surface area contributed by atoms with E-state index in [1.807, 2.05) is 0 Å². The van der Waals surface area contributed by atoms with Gasteiger partial charge in [0.1, 0.15) is 5.75 Å². The van der Waals surface area contributed by atoms with Crippen molar-refractivity contribution in [3.05, 3.63) is 28.8 Å². The Kier molecular flexibility index (Phi) is 3.64. The van der Waals surface area contributed by atoms with Crippen LogP contribution >= 0.6 is 0 Å². The topological polar surface area (TPSA) is 55.8 Å². The van der Waals surface area contributed by atoms with Gasteiger partial charge in [-0.3, -0.25) is 0 Å². The van der Waals surface area contributed by atoms with Crippen molar-refractivity contribution in [2.45, 2.75) is 26.4 Å². The summed E-state index contributed by atoms with van der Waals surface area (Å²) in [6.07, 6.45) is 1.81. The zero-order valence-electron chi connectivity index (χ0n) is 9.86. The molecule has 0 radical (unpaired) electrons. The lowest BCUT2D eigenvalue weighted by molar-refractivity contribution is 0.0526. The Balaban J connectivity index is 2.39. The molecular weight excluding hydrogens is 220 g/mol. The van der Waals surface area contributed by atoms with E-state index in [0.29, 0.717) is 24.3 Å². The summed E-state index contributed by atoms with van der Waals surface area (Å²) in [5, 5.41) is 9.30. The van der Waals surface area contributed by atoms with E-state index < -0.39 is 0 Å². The number of benzene rings is 1. The summed E-state index contributed by atoms with van der Waals surface area (Å²) in [7, 11) is 0. The minimum atomic E-state index is -0.351. The highest BCUT2D eigenvalue weighted by molar-refractivity contribution is 5.90. The molecule has 1 aliphatic heterocycles. The first-order chi connectivity index (χ1) is 8.26. The number of ether oxygens (including phenoxy) is 2. The summed E-state index contributed by atoms with van der Waals surface area (Å²) >= 11 is 0. The van der Waals surface area contributed by atoms with E-state index in [2.05, 4.69) is 0 Å². The highest BCUT2D eigenvalue weighted by Crippen LogP contribution is 2.30. The fourth-order valence-corrected chi connectivity index (χ4v) is 2.01. The lowest BCUT2D eigenvalue weighted by Gasteiger charge is -2.20. The van der Waals surface area contributed by atoms with Crippen LogP contribution in [0.25, 0.3) is 0 Å². The molecule has 1 N–H and O–H groups in total. The molecule has 0 aliphatic carbocycles. The van der Waals surface area contributed by atoms with E-state index in [9.17, 15) is 9.90 Å². The Labute approximate surface area is 100 Å². The first-order valence-electron chi connectivity index (χ1n) is 5.82. The molecule has 0 saturated heterocycles. The normalized spacial score (nSPS) is 13.8. The number of carbonyl (C=O) groups is 1. The highest BCUT2D eigenvalue weighted by atomic mass is 16.5. The molecule has 4 nitrogen and oxygen atoms in total. The summed E-state index contributed by atoms with van der Waals surface area (Å²) in [6, 6.07) is 3.44. The first-order valence-corrected chi connectivity index (χ1v) is 5.82. The van der Waals surface area contributed by atoms with Gasteiger partial charge in [0.2, 0.25) is 0 Å². The quantitative estimate of drug-likeness (QED) is 0.811. The summed E-state index contributed by atoms with van der Waals surface area (Å²) in [5.41, 5.74) is 2.12. The second-order valence-electron chi connectivity index (χ2n) is 3.95. The van der Waals surface area contributed by atoms with Gasteiger partial charge in [-0.1, -0.05) is 0 Å². The van der Waals surface area contributed by atoms with Crippen LogP contribution in [-0.2, 0) is 17.8 Å². The van der Waals surface area contributed by atoms with Gasteiger partial charge in [0.05, 0.1) is 25.4 Å². The molecular formula is C13H16O4. The molecule has 0 aromatic heterocycles. The van der Waals surface area contributed by atoms with Crippen LogP contribution in [0.3, 0.4) is 0 Å². The van der Waals surface area contributed by atoms with Crippen molar-refractivity contribution in [2.24, 2.45) is 0 Å². The number of esters is 1. The second-order valence-corrected chi connectivity index (χ2v) is 3.95. The fourth-order valence-electron chi connectivity index (χ4n) is 2.01. The van der Waals surface area contributed by atoms with Crippen molar-refractivity contribution in [3.63, 3.8) is 0 Å². The maximum Gasteiger partial charge on any atom is 0.338 e. The lowest BCUT2D eigenvalue weighted by Crippen LogP contribution is -2.13. The largest absolute Gasteiger partial charge is 0.493 e. The van der Waals surface area contributed by atoms with Crippen molar-refractivity contribution in [2.75, 3.05) is 13.2 Å². The molecule has 0 unspecified atom stereocenters. The highest BCUT2D eigenvalue weighted by Gasteiger charge is 2.18. The molecule has 0 fully saturated rings. The van der Waals surface area contributed by atoms with Crippen LogP contribution in [0.15, 0.2) is 12.1 Å². The number of fused-ring (bicyclic) bond motifs is 1. The Hall–Kier alpha value is -1.55. The molecule has 0 saturated carbocycles. The Morgan fingerprint density at radius 1 is 1.53 bits per heavy atom. The van der Waals surface area contributed by atoms with Gasteiger partial charge in [0, 0.05) is 5.56 Å². The molecule has 1 aromatic rings. The average Bonchev–Trinajstić information content (AvgIpc) is 2.37. The maximum atomic E-state index is 11.7. The van der Waals surface area contributed by atoms with Gasteiger partial charge >= 0.3 is 5.97 Å². The standard InChI is InChI=1S/C13H16O4/c1-2-16-13(15)10-6-9-4-3-5-17-12(9)11(7-10)8-14/h6-7,14H,2-5,8H2,1H3. The van der Waals surface area contributed by atoms with Crippen LogP contribution in [0.1, 0.15) is 34.8 Å². The lowest BCUT2D eigenvalue weighted by atomic mass is 9.99. The zero-order chi connectivity index (χ0) is 12.3. The third-order valence-electron chi connectivity index (χ3n) is 2.76. The van der Waals surface area contributed by atoms with Gasteiger partial charge in [-0.05, 0) is 37.5 Å². The minimum Gasteiger partial charge on any atom is -0.493 e. The maximum absolute atomic E-state index is 11.7. The zero-order valence-corrected chi connectivity index (χ0v) is 9.86. The van der Waals surface area contributed by atoms with Crippen LogP contribution in [0.5, 0.6) is 5.75 Å². The number of carbonyl (C=O) groups excluding carboxylic acids is 1. The van der Waals surface area contributed by atoms with Crippen molar-refractivity contribution in [1.82, 2.24) is 0 Å². The SMILES string of the molecule is CCOC(=O)c1cc(CO)c2c(c1)CCCO2. The molecule has 0 bridgehead atoms. The predicted molar refractivity (Wildman–Crippen MR) is 62.1 cm³/mol. The van der Waals surface area contributed by atoms with E-state index >= 15 is 0 Å². The molecule has 17 heavy (non-hydrogen) atoms. The molecule has 0 spiro atoms. The summed E-state index contributed by atoms with van der Waals surface area (Å²) in [4.78, 5) is 11.7. The van der Waals surface area contributed by atoms with Gasteiger partial charge in [-0.2, -0.15) is 0 Å². The Bertz CT molecular complexity index is 408. The summed E-state index contributed by atoms with van der Waals surface area (Å²) in [6.45, 7) is 2.65. The van der Waals surface area contributed by atoms with E-state index in [-0.39, 0.29) is 12.6 Å². The second kappa shape index (κ2) is 5.19.